The lowest BCUT2D eigenvalue weighted by Gasteiger charge is -2.20. The van der Waals surface area contributed by atoms with Crippen LogP contribution in [0.1, 0.15) is 16.8 Å². The van der Waals surface area contributed by atoms with Gasteiger partial charge in [0, 0.05) is 18.7 Å². The number of piperidine rings is 1. The Bertz CT molecular complexity index is 734. The van der Waals surface area contributed by atoms with Gasteiger partial charge >= 0.3 is 18.3 Å². The van der Waals surface area contributed by atoms with Crippen LogP contribution in [0.4, 0.5) is 13.2 Å². The molecule has 0 spiro atoms. The molecule has 25 heavy (non-hydrogen) atoms. The standard InChI is InChI=1S/C15H12F3NO6/c16-15(17,18)25-9-3-1-8(2-4-9)10(20)19-6-13(11(21)22)5-14(13,7-19)12(23)24/h1-4H,5-7H2,(H,21,22)(H,23,24)/t13-,14+. The molecule has 0 aromatic heterocycles. The van der Waals surface area contributed by atoms with E-state index in [4.69, 9.17) is 0 Å². The van der Waals surface area contributed by atoms with Gasteiger partial charge in [-0.15, -0.1) is 13.2 Å². The Labute approximate surface area is 138 Å². The summed E-state index contributed by atoms with van der Waals surface area (Å²) >= 11 is 0. The molecule has 3 rings (SSSR count). The Hall–Kier alpha value is -2.78. The number of rotatable bonds is 4. The van der Waals surface area contributed by atoms with Crippen molar-refractivity contribution in [2.75, 3.05) is 13.1 Å². The number of carboxylic acid groups (broad SMARTS) is 2. The lowest BCUT2D eigenvalue weighted by Crippen LogP contribution is -2.34. The molecule has 10 heteroatoms. The molecule has 1 saturated carbocycles. The van der Waals surface area contributed by atoms with E-state index in [2.05, 4.69) is 4.74 Å². The van der Waals surface area contributed by atoms with Crippen LogP contribution in [-0.2, 0) is 9.59 Å². The van der Waals surface area contributed by atoms with Gasteiger partial charge in [-0.05, 0) is 30.7 Å². The number of carbonyl (C=O) groups is 3. The topological polar surface area (TPSA) is 104 Å². The van der Waals surface area contributed by atoms with E-state index in [9.17, 15) is 37.8 Å². The van der Waals surface area contributed by atoms with Crippen molar-refractivity contribution in [3.63, 3.8) is 0 Å². The van der Waals surface area contributed by atoms with Crippen molar-refractivity contribution in [3.05, 3.63) is 29.8 Å². The van der Waals surface area contributed by atoms with Gasteiger partial charge in [-0.3, -0.25) is 14.4 Å². The predicted molar refractivity (Wildman–Crippen MR) is 73.8 cm³/mol. The summed E-state index contributed by atoms with van der Waals surface area (Å²) in [6.07, 6.45) is -4.91. The molecular weight excluding hydrogens is 347 g/mol. The number of nitrogens with zero attached hydrogens (tertiary/aromatic N) is 1. The molecule has 2 aliphatic rings. The second-order valence-corrected chi connectivity index (χ2v) is 6.18. The largest absolute Gasteiger partial charge is 0.573 e. The minimum absolute atomic E-state index is 0.0110. The number of alkyl halides is 3. The molecule has 1 heterocycles. The quantitative estimate of drug-likeness (QED) is 0.846. The van der Waals surface area contributed by atoms with Gasteiger partial charge in [-0.1, -0.05) is 0 Å². The second kappa shape index (κ2) is 5.11. The number of amides is 1. The number of carboxylic acids is 2. The molecule has 1 aliphatic carbocycles. The van der Waals surface area contributed by atoms with Gasteiger partial charge in [0.25, 0.3) is 5.91 Å². The fourth-order valence-electron chi connectivity index (χ4n) is 3.41. The minimum atomic E-state index is -4.86. The van der Waals surface area contributed by atoms with Gasteiger partial charge in [-0.25, -0.2) is 0 Å². The maximum absolute atomic E-state index is 12.4. The van der Waals surface area contributed by atoms with Crippen LogP contribution >= 0.6 is 0 Å². The van der Waals surface area contributed by atoms with Crippen molar-refractivity contribution in [2.45, 2.75) is 12.8 Å². The van der Waals surface area contributed by atoms with E-state index >= 15 is 0 Å². The third kappa shape index (κ3) is 2.57. The summed E-state index contributed by atoms with van der Waals surface area (Å²) < 4.78 is 40.1. The zero-order valence-corrected chi connectivity index (χ0v) is 12.5. The highest BCUT2D eigenvalue weighted by molar-refractivity contribution is 6.00. The molecule has 2 fully saturated rings. The highest BCUT2D eigenvalue weighted by Crippen LogP contribution is 2.68. The predicted octanol–water partition coefficient (Wildman–Crippen LogP) is 1.59. The summed E-state index contributed by atoms with van der Waals surface area (Å²) in [4.78, 5) is 36.4. The average Bonchev–Trinajstić information content (AvgIpc) is 3.04. The number of carbonyl (C=O) groups excluding carboxylic acids is 1. The Kier molecular flexibility index (Phi) is 3.48. The van der Waals surface area contributed by atoms with E-state index in [0.29, 0.717) is 0 Å². The first-order chi connectivity index (χ1) is 11.5. The van der Waals surface area contributed by atoms with Gasteiger partial charge in [0.2, 0.25) is 0 Å². The fourth-order valence-corrected chi connectivity index (χ4v) is 3.41. The van der Waals surface area contributed by atoms with Crippen LogP contribution in [0.3, 0.4) is 0 Å². The molecule has 2 N–H and O–H groups in total. The lowest BCUT2D eigenvalue weighted by molar-refractivity contribution is -0.274. The molecule has 1 aromatic rings. The van der Waals surface area contributed by atoms with Crippen LogP contribution in [0.5, 0.6) is 5.75 Å². The summed E-state index contributed by atoms with van der Waals surface area (Å²) in [6, 6.07) is 4.12. The molecular formula is C15H12F3NO6. The van der Waals surface area contributed by atoms with Crippen LogP contribution in [0.2, 0.25) is 0 Å². The molecule has 0 radical (unpaired) electrons. The van der Waals surface area contributed by atoms with Gasteiger partial charge in [0.05, 0.1) is 0 Å². The Balaban J connectivity index is 1.77. The van der Waals surface area contributed by atoms with E-state index in [0.717, 1.165) is 29.2 Å². The smallest absolute Gasteiger partial charge is 0.481 e. The first-order valence-electron chi connectivity index (χ1n) is 7.13. The van der Waals surface area contributed by atoms with E-state index < -0.39 is 40.8 Å². The van der Waals surface area contributed by atoms with Crippen molar-refractivity contribution < 1.29 is 42.5 Å². The minimum Gasteiger partial charge on any atom is -0.481 e. The molecule has 1 amide bonds. The molecule has 1 aromatic carbocycles. The number of halogens is 3. The van der Waals surface area contributed by atoms with Crippen molar-refractivity contribution >= 4 is 17.8 Å². The van der Waals surface area contributed by atoms with Crippen molar-refractivity contribution in [1.29, 1.82) is 0 Å². The first kappa shape index (κ1) is 17.1. The molecule has 1 saturated heterocycles. The summed E-state index contributed by atoms with van der Waals surface area (Å²) in [7, 11) is 0. The second-order valence-electron chi connectivity index (χ2n) is 6.18. The maximum Gasteiger partial charge on any atom is 0.573 e. The number of fused-ring (bicyclic) bond motifs is 1. The van der Waals surface area contributed by atoms with Gasteiger partial charge in [0.1, 0.15) is 16.6 Å². The van der Waals surface area contributed by atoms with E-state index in [1.807, 2.05) is 0 Å². The highest BCUT2D eigenvalue weighted by atomic mass is 19.4. The van der Waals surface area contributed by atoms with Crippen LogP contribution in [0.25, 0.3) is 0 Å². The maximum atomic E-state index is 12.4. The van der Waals surface area contributed by atoms with Crippen molar-refractivity contribution in [3.8, 4) is 5.75 Å². The van der Waals surface area contributed by atoms with E-state index in [1.54, 1.807) is 0 Å². The van der Waals surface area contributed by atoms with E-state index in [-0.39, 0.29) is 25.1 Å². The lowest BCUT2D eigenvalue weighted by atomic mass is 9.97. The normalized spacial score (nSPS) is 27.6. The fraction of sp³-hybridized carbons (Fsp3) is 0.400. The monoisotopic (exact) mass is 359 g/mol. The zero-order valence-electron chi connectivity index (χ0n) is 12.5. The summed E-state index contributed by atoms with van der Waals surface area (Å²) in [5, 5.41) is 18.6. The Morgan fingerprint density at radius 3 is 1.88 bits per heavy atom. The van der Waals surface area contributed by atoms with Crippen LogP contribution in [0, 0.1) is 10.8 Å². The van der Waals surface area contributed by atoms with Gasteiger partial charge in [-0.2, -0.15) is 0 Å². The number of ether oxygens (including phenoxy) is 1. The molecule has 1 aliphatic heterocycles. The van der Waals surface area contributed by atoms with Crippen LogP contribution in [0.15, 0.2) is 24.3 Å². The highest BCUT2D eigenvalue weighted by Gasteiger charge is 2.81. The number of likely N-dealkylation sites (tertiary alicyclic amines) is 1. The molecule has 0 bridgehead atoms. The summed E-state index contributed by atoms with van der Waals surface area (Å²) in [6.45, 7) is -0.511. The molecule has 2 atom stereocenters. The van der Waals surface area contributed by atoms with E-state index in [1.165, 1.54) is 0 Å². The van der Waals surface area contributed by atoms with Gasteiger partial charge in [0.15, 0.2) is 0 Å². The van der Waals surface area contributed by atoms with Crippen molar-refractivity contribution in [1.82, 2.24) is 4.90 Å². The zero-order chi connectivity index (χ0) is 18.6. The van der Waals surface area contributed by atoms with Gasteiger partial charge < -0.3 is 19.8 Å². The number of aliphatic carboxylic acids is 2. The van der Waals surface area contributed by atoms with Crippen LogP contribution in [-0.4, -0.2) is 52.4 Å². The Morgan fingerprint density at radius 2 is 1.48 bits per heavy atom. The number of hydrogen-bond donors (Lipinski definition) is 2. The SMILES string of the molecule is O=C(c1ccc(OC(F)(F)F)cc1)N1C[C@@]2(C(=O)O)C[C@@]2(C(=O)O)C1. The van der Waals surface area contributed by atoms with Crippen LogP contribution < -0.4 is 4.74 Å². The average molecular weight is 359 g/mol. The number of hydrogen-bond acceptors (Lipinski definition) is 4. The molecule has 0 unspecified atom stereocenters. The molecule has 134 valence electrons. The number of benzene rings is 1. The Morgan fingerprint density at radius 1 is 1.00 bits per heavy atom. The molecule has 7 nitrogen and oxygen atoms in total. The summed E-state index contributed by atoms with van der Waals surface area (Å²) in [5.41, 5.74) is -3.00. The summed E-state index contributed by atoms with van der Waals surface area (Å²) in [5.74, 6) is -3.71. The van der Waals surface area contributed by atoms with Crippen molar-refractivity contribution in [2.24, 2.45) is 10.8 Å². The third-order valence-electron chi connectivity index (χ3n) is 4.76. The first-order valence-corrected chi connectivity index (χ1v) is 7.13. The third-order valence-corrected chi connectivity index (χ3v) is 4.76.